The van der Waals surface area contributed by atoms with Crippen molar-refractivity contribution < 1.29 is 4.79 Å². The van der Waals surface area contributed by atoms with Crippen molar-refractivity contribution in [1.29, 1.82) is 0 Å². The number of benzene rings is 1. The Hall–Kier alpha value is -1.82. The van der Waals surface area contributed by atoms with Crippen molar-refractivity contribution in [3.63, 3.8) is 0 Å². The lowest BCUT2D eigenvalue weighted by Crippen LogP contribution is -2.41. The Morgan fingerprint density at radius 3 is 2.67 bits per heavy atom. The van der Waals surface area contributed by atoms with Gasteiger partial charge in [0, 0.05) is 12.0 Å². The molecule has 0 radical (unpaired) electrons. The van der Waals surface area contributed by atoms with Crippen LogP contribution in [0.4, 0.5) is 0 Å². The number of carbonyl (C=O) groups is 1. The van der Waals surface area contributed by atoms with Crippen LogP contribution in [0.2, 0.25) is 0 Å². The van der Waals surface area contributed by atoms with E-state index in [0.29, 0.717) is 23.6 Å². The topological polar surface area (TPSA) is 59.8 Å². The molecule has 2 fully saturated rings. The van der Waals surface area contributed by atoms with E-state index in [1.54, 1.807) is 0 Å². The van der Waals surface area contributed by atoms with Gasteiger partial charge in [0.05, 0.1) is 12.3 Å². The maximum atomic E-state index is 12.5. The summed E-state index contributed by atoms with van der Waals surface area (Å²) in [4.78, 5) is 12.5. The van der Waals surface area contributed by atoms with E-state index in [0.717, 1.165) is 23.9 Å². The maximum absolute atomic E-state index is 12.5. The first-order chi connectivity index (χ1) is 13.2. The highest BCUT2D eigenvalue weighted by Crippen LogP contribution is 2.40. The van der Waals surface area contributed by atoms with Crippen molar-refractivity contribution in [2.24, 2.45) is 5.92 Å². The van der Waals surface area contributed by atoms with Gasteiger partial charge in [-0.2, -0.15) is 0 Å². The zero-order valence-corrected chi connectivity index (χ0v) is 16.8. The monoisotopic (exact) mass is 384 g/mol. The SMILES string of the molecule is C[C@@H]1CCCC[C@H]1NC(=O)CSc1nnc(C2CC2)n1Cc1ccccc1. The van der Waals surface area contributed by atoms with Crippen molar-refractivity contribution in [3.8, 4) is 0 Å². The van der Waals surface area contributed by atoms with Crippen LogP contribution in [-0.4, -0.2) is 32.5 Å². The smallest absolute Gasteiger partial charge is 0.230 e. The molecule has 4 rings (SSSR count). The van der Waals surface area contributed by atoms with E-state index in [9.17, 15) is 4.79 Å². The highest BCUT2D eigenvalue weighted by atomic mass is 32.2. The molecule has 0 unspecified atom stereocenters. The molecule has 1 N–H and O–H groups in total. The minimum Gasteiger partial charge on any atom is -0.352 e. The second-order valence-electron chi connectivity index (χ2n) is 7.91. The molecule has 144 valence electrons. The summed E-state index contributed by atoms with van der Waals surface area (Å²) >= 11 is 1.51. The van der Waals surface area contributed by atoms with Gasteiger partial charge >= 0.3 is 0 Å². The fourth-order valence-electron chi connectivity index (χ4n) is 3.87. The molecule has 2 aliphatic rings. The highest BCUT2D eigenvalue weighted by Gasteiger charge is 2.30. The summed E-state index contributed by atoms with van der Waals surface area (Å²) in [6, 6.07) is 10.7. The summed E-state index contributed by atoms with van der Waals surface area (Å²) in [5.41, 5.74) is 1.24. The molecular formula is C21H28N4OS. The molecule has 2 saturated carbocycles. The van der Waals surface area contributed by atoms with Crippen molar-refractivity contribution >= 4 is 17.7 Å². The predicted molar refractivity (Wildman–Crippen MR) is 108 cm³/mol. The molecule has 0 spiro atoms. The molecule has 1 aromatic carbocycles. The lowest BCUT2D eigenvalue weighted by molar-refractivity contribution is -0.119. The fourth-order valence-corrected chi connectivity index (χ4v) is 4.63. The summed E-state index contributed by atoms with van der Waals surface area (Å²) in [5.74, 6) is 2.70. The molecule has 1 amide bonds. The van der Waals surface area contributed by atoms with Crippen molar-refractivity contribution in [3.05, 3.63) is 41.7 Å². The minimum atomic E-state index is 0.112. The van der Waals surface area contributed by atoms with Crippen molar-refractivity contribution in [1.82, 2.24) is 20.1 Å². The van der Waals surface area contributed by atoms with Gasteiger partial charge in [0.15, 0.2) is 5.16 Å². The average Bonchev–Trinajstić information content (AvgIpc) is 3.45. The number of carbonyl (C=O) groups excluding carboxylic acids is 1. The largest absolute Gasteiger partial charge is 0.352 e. The first kappa shape index (κ1) is 18.5. The Balaban J connectivity index is 1.40. The Bertz CT molecular complexity index is 772. The molecule has 0 aliphatic heterocycles. The minimum absolute atomic E-state index is 0.112. The van der Waals surface area contributed by atoms with Crippen LogP contribution in [-0.2, 0) is 11.3 Å². The number of thioether (sulfide) groups is 1. The van der Waals surface area contributed by atoms with E-state index in [-0.39, 0.29) is 5.91 Å². The summed E-state index contributed by atoms with van der Waals surface area (Å²) in [6.45, 7) is 3.01. The molecule has 5 nitrogen and oxygen atoms in total. The van der Waals surface area contributed by atoms with E-state index >= 15 is 0 Å². The van der Waals surface area contributed by atoms with Crippen LogP contribution in [0.5, 0.6) is 0 Å². The van der Waals surface area contributed by atoms with Gasteiger partial charge in [0.1, 0.15) is 5.82 Å². The van der Waals surface area contributed by atoms with Gasteiger partial charge in [-0.15, -0.1) is 10.2 Å². The zero-order valence-electron chi connectivity index (χ0n) is 15.9. The lowest BCUT2D eigenvalue weighted by atomic mass is 9.86. The number of amides is 1. The third-order valence-electron chi connectivity index (χ3n) is 5.66. The maximum Gasteiger partial charge on any atom is 0.230 e. The first-order valence-corrected chi connectivity index (χ1v) is 11.1. The van der Waals surface area contributed by atoms with Crippen molar-refractivity contribution in [2.75, 3.05) is 5.75 Å². The summed E-state index contributed by atoms with van der Waals surface area (Å²) in [5, 5.41) is 12.9. The number of nitrogens with zero attached hydrogens (tertiary/aromatic N) is 3. The first-order valence-electron chi connectivity index (χ1n) is 10.1. The van der Waals surface area contributed by atoms with Crippen LogP contribution in [0.1, 0.15) is 62.8 Å². The van der Waals surface area contributed by atoms with Crippen molar-refractivity contribution in [2.45, 2.75) is 69.1 Å². The second-order valence-corrected chi connectivity index (χ2v) is 8.85. The second kappa shape index (κ2) is 8.46. The molecular weight excluding hydrogens is 356 g/mol. The number of rotatable bonds is 7. The van der Waals surface area contributed by atoms with Crippen LogP contribution in [0, 0.1) is 5.92 Å². The third kappa shape index (κ3) is 4.72. The quantitative estimate of drug-likeness (QED) is 0.733. The number of nitrogens with one attached hydrogen (secondary N) is 1. The van der Waals surface area contributed by atoms with E-state index < -0.39 is 0 Å². The molecule has 2 aliphatic carbocycles. The summed E-state index contributed by atoms with van der Waals surface area (Å²) in [6.07, 6.45) is 7.21. The zero-order chi connectivity index (χ0) is 18.6. The van der Waals surface area contributed by atoms with Crippen LogP contribution in [0.25, 0.3) is 0 Å². The third-order valence-corrected chi connectivity index (χ3v) is 6.63. The molecule has 2 aromatic rings. The van der Waals surface area contributed by atoms with Crippen LogP contribution < -0.4 is 5.32 Å². The lowest BCUT2D eigenvalue weighted by Gasteiger charge is -2.29. The Morgan fingerprint density at radius 2 is 1.93 bits per heavy atom. The van der Waals surface area contributed by atoms with Gasteiger partial charge in [-0.3, -0.25) is 4.79 Å². The van der Waals surface area contributed by atoms with Crippen LogP contribution in [0.15, 0.2) is 35.5 Å². The standard InChI is InChI=1S/C21H28N4OS/c1-15-7-5-6-10-18(15)22-19(26)14-27-21-24-23-20(17-11-12-17)25(21)13-16-8-3-2-4-9-16/h2-4,8-9,15,17-18H,5-7,10-14H2,1H3,(H,22,26)/t15-,18-/m1/s1. The van der Waals surface area contributed by atoms with E-state index in [1.165, 1.54) is 49.4 Å². The number of hydrogen-bond acceptors (Lipinski definition) is 4. The summed E-state index contributed by atoms with van der Waals surface area (Å²) < 4.78 is 2.20. The molecule has 2 atom stereocenters. The fraction of sp³-hybridized carbons (Fsp3) is 0.571. The molecule has 0 bridgehead atoms. The van der Waals surface area contributed by atoms with E-state index in [1.807, 2.05) is 6.07 Å². The Kier molecular flexibility index (Phi) is 5.81. The van der Waals surface area contributed by atoms with Gasteiger partial charge in [-0.05, 0) is 37.2 Å². The Morgan fingerprint density at radius 1 is 1.15 bits per heavy atom. The molecule has 0 saturated heterocycles. The van der Waals surface area contributed by atoms with Gasteiger partial charge in [-0.25, -0.2) is 0 Å². The molecule has 27 heavy (non-hydrogen) atoms. The number of aromatic nitrogens is 3. The average molecular weight is 385 g/mol. The molecule has 6 heteroatoms. The Labute approximate surface area is 165 Å². The summed E-state index contributed by atoms with van der Waals surface area (Å²) in [7, 11) is 0. The normalized spacial score (nSPS) is 22.6. The molecule has 1 aromatic heterocycles. The number of hydrogen-bond donors (Lipinski definition) is 1. The predicted octanol–water partition coefficient (Wildman–Crippen LogP) is 3.99. The van der Waals surface area contributed by atoms with Crippen LogP contribution >= 0.6 is 11.8 Å². The highest BCUT2D eigenvalue weighted by molar-refractivity contribution is 7.99. The van der Waals surface area contributed by atoms with Gasteiger partial charge in [0.25, 0.3) is 0 Å². The van der Waals surface area contributed by atoms with Crippen LogP contribution in [0.3, 0.4) is 0 Å². The molecule has 1 heterocycles. The van der Waals surface area contributed by atoms with Gasteiger partial charge < -0.3 is 9.88 Å². The van der Waals surface area contributed by atoms with E-state index in [4.69, 9.17) is 0 Å². The van der Waals surface area contributed by atoms with Gasteiger partial charge in [-0.1, -0.05) is 61.9 Å². The van der Waals surface area contributed by atoms with E-state index in [2.05, 4.69) is 51.3 Å². The van der Waals surface area contributed by atoms with Gasteiger partial charge in [0.2, 0.25) is 5.91 Å².